The molecule has 0 spiro atoms. The van der Waals surface area contributed by atoms with Gasteiger partial charge in [-0.05, 0) is 25.1 Å². The second-order valence-electron chi connectivity index (χ2n) is 5.18. The predicted octanol–water partition coefficient (Wildman–Crippen LogP) is 3.51. The largest absolute Gasteiger partial charge is 0.497 e. The number of thiazole rings is 1. The van der Waals surface area contributed by atoms with Gasteiger partial charge in [0.15, 0.2) is 0 Å². The van der Waals surface area contributed by atoms with E-state index in [-0.39, 0.29) is 18.3 Å². The number of nitrogens with zero attached hydrogens (tertiary/aromatic N) is 1. The van der Waals surface area contributed by atoms with Gasteiger partial charge in [0.25, 0.3) is 5.91 Å². The molecule has 25 heavy (non-hydrogen) atoms. The number of benzene rings is 1. The minimum Gasteiger partial charge on any atom is -0.497 e. The fourth-order valence-corrected chi connectivity index (χ4v) is 2.82. The molecule has 0 aliphatic carbocycles. The molecule has 2 aromatic rings. The van der Waals surface area contributed by atoms with Crippen LogP contribution in [0.1, 0.15) is 35.3 Å². The smallest absolute Gasteiger partial charge is 0.275 e. The molecular weight excluding hydrogens is 362 g/mol. The molecule has 2 rings (SSSR count). The lowest BCUT2D eigenvalue weighted by atomic mass is 10.2. The molecule has 1 aromatic carbocycles. The number of aromatic nitrogens is 1. The zero-order valence-corrected chi connectivity index (χ0v) is 16.0. The van der Waals surface area contributed by atoms with Gasteiger partial charge in [-0.2, -0.15) is 0 Å². The molecule has 0 aliphatic rings. The quantitative estimate of drug-likeness (QED) is 0.645. The van der Waals surface area contributed by atoms with Gasteiger partial charge in [-0.25, -0.2) is 4.98 Å². The summed E-state index contributed by atoms with van der Waals surface area (Å²) in [6.07, 6.45) is 2.66. The first-order valence-electron chi connectivity index (χ1n) is 7.94. The van der Waals surface area contributed by atoms with Crippen LogP contribution in [0.4, 0.5) is 5.69 Å². The van der Waals surface area contributed by atoms with Crippen LogP contribution in [0.25, 0.3) is 0 Å². The number of hydrogen-bond acceptors (Lipinski definition) is 6. The molecule has 0 bridgehead atoms. The Balaban J connectivity index is 0.00000312. The Hall–Kier alpha value is -1.83. The number of hydrogen-bond donors (Lipinski definition) is 2. The summed E-state index contributed by atoms with van der Waals surface area (Å²) in [5.41, 5.74) is 6.47. The molecular formula is C17H24ClN3O3S. The topological polar surface area (TPSA) is 86.5 Å². The highest BCUT2D eigenvalue weighted by atomic mass is 35.5. The van der Waals surface area contributed by atoms with Crippen LogP contribution in [0.2, 0.25) is 0 Å². The van der Waals surface area contributed by atoms with Crippen LogP contribution in [0, 0.1) is 0 Å². The summed E-state index contributed by atoms with van der Waals surface area (Å²) >= 11 is 1.43. The number of rotatable bonds is 9. The van der Waals surface area contributed by atoms with Crippen LogP contribution in [-0.4, -0.2) is 31.2 Å². The van der Waals surface area contributed by atoms with E-state index in [1.165, 1.54) is 11.3 Å². The Labute approximate surface area is 158 Å². The number of nitrogens with two attached hydrogens (primary N) is 1. The van der Waals surface area contributed by atoms with E-state index in [0.717, 1.165) is 17.8 Å². The number of halogens is 1. The maximum absolute atomic E-state index is 12.4. The SMILES string of the molecule is CCCCOc1ccc(OC)cc1NC(=O)c1csc(CCN)n1.Cl. The Morgan fingerprint density at radius 1 is 1.40 bits per heavy atom. The third-order valence-corrected chi connectivity index (χ3v) is 4.24. The van der Waals surface area contributed by atoms with E-state index in [0.29, 0.717) is 42.5 Å². The van der Waals surface area contributed by atoms with Crippen molar-refractivity contribution in [1.82, 2.24) is 4.98 Å². The molecule has 0 aliphatic heterocycles. The van der Waals surface area contributed by atoms with Crippen LogP contribution in [0.15, 0.2) is 23.6 Å². The Morgan fingerprint density at radius 2 is 2.20 bits per heavy atom. The van der Waals surface area contributed by atoms with Crippen molar-refractivity contribution in [1.29, 1.82) is 0 Å². The van der Waals surface area contributed by atoms with E-state index in [9.17, 15) is 4.79 Å². The van der Waals surface area contributed by atoms with Crippen molar-refractivity contribution in [2.24, 2.45) is 5.73 Å². The van der Waals surface area contributed by atoms with Crippen molar-refractivity contribution in [3.8, 4) is 11.5 Å². The number of amides is 1. The van der Waals surface area contributed by atoms with Crippen LogP contribution >= 0.6 is 23.7 Å². The first-order valence-corrected chi connectivity index (χ1v) is 8.82. The molecule has 138 valence electrons. The van der Waals surface area contributed by atoms with Crippen LogP contribution in [0.5, 0.6) is 11.5 Å². The van der Waals surface area contributed by atoms with Gasteiger partial charge in [0.1, 0.15) is 17.2 Å². The summed E-state index contributed by atoms with van der Waals surface area (Å²) in [6, 6.07) is 5.34. The van der Waals surface area contributed by atoms with Gasteiger partial charge in [-0.1, -0.05) is 13.3 Å². The summed E-state index contributed by atoms with van der Waals surface area (Å²) in [6.45, 7) is 3.21. The van der Waals surface area contributed by atoms with Crippen molar-refractivity contribution in [3.05, 3.63) is 34.3 Å². The summed E-state index contributed by atoms with van der Waals surface area (Å²) < 4.78 is 11.0. The monoisotopic (exact) mass is 385 g/mol. The molecule has 3 N–H and O–H groups in total. The summed E-state index contributed by atoms with van der Waals surface area (Å²) in [4.78, 5) is 16.7. The molecule has 0 atom stereocenters. The second-order valence-corrected chi connectivity index (χ2v) is 6.13. The van der Waals surface area contributed by atoms with Gasteiger partial charge in [0.2, 0.25) is 0 Å². The lowest BCUT2D eigenvalue weighted by Crippen LogP contribution is -2.14. The Morgan fingerprint density at radius 3 is 2.88 bits per heavy atom. The first kappa shape index (κ1) is 21.2. The third-order valence-electron chi connectivity index (χ3n) is 3.33. The fraction of sp³-hybridized carbons (Fsp3) is 0.412. The lowest BCUT2D eigenvalue weighted by Gasteiger charge is -2.13. The molecule has 0 unspecified atom stereocenters. The van der Waals surface area contributed by atoms with E-state index in [2.05, 4.69) is 17.2 Å². The number of unbranched alkanes of at least 4 members (excludes halogenated alkanes) is 1. The Bertz CT molecular complexity index is 679. The number of anilines is 1. The zero-order chi connectivity index (χ0) is 17.4. The van der Waals surface area contributed by atoms with Gasteiger partial charge in [0, 0.05) is 17.9 Å². The van der Waals surface area contributed by atoms with E-state index in [1.54, 1.807) is 30.7 Å². The van der Waals surface area contributed by atoms with Gasteiger partial charge < -0.3 is 20.5 Å². The van der Waals surface area contributed by atoms with Crippen molar-refractivity contribution < 1.29 is 14.3 Å². The van der Waals surface area contributed by atoms with Gasteiger partial charge in [0.05, 0.1) is 24.4 Å². The van der Waals surface area contributed by atoms with Gasteiger partial charge in [-0.3, -0.25) is 4.79 Å². The van der Waals surface area contributed by atoms with E-state index in [4.69, 9.17) is 15.2 Å². The fourth-order valence-electron chi connectivity index (χ4n) is 2.03. The molecule has 0 radical (unpaired) electrons. The standard InChI is InChI=1S/C17H23N3O3S.ClH/c1-3-4-9-23-15-6-5-12(22-2)10-13(15)20-17(21)14-11-24-16(19-14)7-8-18;/h5-6,10-11H,3-4,7-9,18H2,1-2H3,(H,20,21);1H. The van der Waals surface area contributed by atoms with E-state index >= 15 is 0 Å². The summed E-state index contributed by atoms with van der Waals surface area (Å²) in [5, 5.41) is 5.44. The van der Waals surface area contributed by atoms with Gasteiger partial charge >= 0.3 is 0 Å². The highest BCUT2D eigenvalue weighted by Gasteiger charge is 2.14. The number of carbonyl (C=O) groups is 1. The molecule has 6 nitrogen and oxygen atoms in total. The lowest BCUT2D eigenvalue weighted by molar-refractivity contribution is 0.102. The molecule has 1 heterocycles. The number of carbonyl (C=O) groups excluding carboxylic acids is 1. The maximum atomic E-state index is 12.4. The van der Waals surface area contributed by atoms with Crippen molar-refractivity contribution >= 4 is 35.3 Å². The van der Waals surface area contributed by atoms with Crippen LogP contribution in [-0.2, 0) is 6.42 Å². The average Bonchev–Trinajstić information content (AvgIpc) is 3.05. The molecule has 1 amide bonds. The molecule has 1 aromatic heterocycles. The molecule has 0 saturated carbocycles. The predicted molar refractivity (Wildman–Crippen MR) is 103 cm³/mol. The van der Waals surface area contributed by atoms with Gasteiger partial charge in [-0.15, -0.1) is 23.7 Å². The van der Waals surface area contributed by atoms with Crippen molar-refractivity contribution in [2.45, 2.75) is 26.2 Å². The zero-order valence-electron chi connectivity index (χ0n) is 14.4. The summed E-state index contributed by atoms with van der Waals surface area (Å²) in [5.74, 6) is 0.994. The highest BCUT2D eigenvalue weighted by molar-refractivity contribution is 7.09. The second kappa shape index (κ2) is 10.9. The minimum absolute atomic E-state index is 0. The third kappa shape index (κ3) is 6.19. The van der Waals surface area contributed by atoms with Crippen LogP contribution in [0.3, 0.4) is 0 Å². The minimum atomic E-state index is -0.275. The van der Waals surface area contributed by atoms with Crippen molar-refractivity contribution in [2.75, 3.05) is 25.6 Å². The van der Waals surface area contributed by atoms with E-state index < -0.39 is 0 Å². The molecule has 8 heteroatoms. The van der Waals surface area contributed by atoms with E-state index in [1.807, 2.05) is 0 Å². The van der Waals surface area contributed by atoms with Crippen molar-refractivity contribution in [3.63, 3.8) is 0 Å². The van der Waals surface area contributed by atoms with Crippen LogP contribution < -0.4 is 20.5 Å². The Kier molecular flexibility index (Phi) is 9.26. The highest BCUT2D eigenvalue weighted by Crippen LogP contribution is 2.30. The number of nitrogens with one attached hydrogen (secondary N) is 1. The first-order chi connectivity index (χ1) is 11.7. The average molecular weight is 386 g/mol. The normalized spacial score (nSPS) is 10.0. The molecule has 0 saturated heterocycles. The number of methoxy groups -OCH3 is 1. The molecule has 0 fully saturated rings. The maximum Gasteiger partial charge on any atom is 0.275 e. The number of ether oxygens (including phenoxy) is 2. The summed E-state index contributed by atoms with van der Waals surface area (Å²) in [7, 11) is 1.58.